The number of ether oxygens (including phenoxy) is 2. The standard InChI is InChI=1S/C46H80NO8P/c1-6-8-10-12-14-16-18-20-21-22-23-24-25-27-28-30-32-34-36-38-45(48)52-42-44(43-54-56(50,51)53-41-40-47(3,4)5)55-46(49)39-37-35-33-31-29-26-19-17-15-13-11-9-7-2/h8,10,14,16,20-21,23-24,27-28,32,34,44H,6-7,9,11-13,15,17-19,22,25-26,29-31,33,35-43H2,1-5H3/p+1/b10-8+,16-14+,21-20+,24-23+,28-27+,34-32+/t44-/m1/s1. The van der Waals surface area contributed by atoms with Gasteiger partial charge in [0.2, 0.25) is 0 Å². The van der Waals surface area contributed by atoms with E-state index >= 15 is 0 Å². The van der Waals surface area contributed by atoms with Gasteiger partial charge in [-0.3, -0.25) is 18.6 Å². The molecule has 0 aliphatic carbocycles. The number of rotatable bonds is 38. The van der Waals surface area contributed by atoms with Gasteiger partial charge in [0, 0.05) is 12.8 Å². The van der Waals surface area contributed by atoms with Crippen molar-refractivity contribution in [2.24, 2.45) is 0 Å². The number of unbranched alkanes of at least 4 members (excludes halogenated alkanes) is 12. The highest BCUT2D eigenvalue weighted by molar-refractivity contribution is 7.47. The van der Waals surface area contributed by atoms with Crippen molar-refractivity contribution in [3.8, 4) is 0 Å². The number of phosphoric acid groups is 1. The molecule has 0 rings (SSSR count). The highest BCUT2D eigenvalue weighted by Gasteiger charge is 2.27. The number of carbonyl (C=O) groups is 2. The van der Waals surface area contributed by atoms with Gasteiger partial charge in [-0.2, -0.15) is 0 Å². The first kappa shape index (κ1) is 53.5. The number of esters is 2. The zero-order chi connectivity index (χ0) is 41.4. The molecule has 0 radical (unpaired) electrons. The molecule has 0 saturated heterocycles. The summed E-state index contributed by atoms with van der Waals surface area (Å²) in [7, 11) is 1.43. The molecule has 322 valence electrons. The van der Waals surface area contributed by atoms with Gasteiger partial charge in [-0.1, -0.05) is 164 Å². The van der Waals surface area contributed by atoms with Crippen LogP contribution in [0.4, 0.5) is 0 Å². The van der Waals surface area contributed by atoms with Crippen LogP contribution < -0.4 is 0 Å². The Labute approximate surface area is 342 Å². The fraction of sp³-hybridized carbons (Fsp3) is 0.696. The molecule has 0 amide bonds. The molecule has 0 spiro atoms. The number of quaternary nitrogens is 1. The van der Waals surface area contributed by atoms with Crippen LogP contribution in [0.15, 0.2) is 72.9 Å². The lowest BCUT2D eigenvalue weighted by molar-refractivity contribution is -0.870. The van der Waals surface area contributed by atoms with Gasteiger partial charge in [-0.25, -0.2) is 4.57 Å². The van der Waals surface area contributed by atoms with E-state index in [0.717, 1.165) is 57.8 Å². The monoisotopic (exact) mass is 807 g/mol. The van der Waals surface area contributed by atoms with Gasteiger partial charge in [-0.15, -0.1) is 0 Å². The SMILES string of the molecule is CC/C=C/C/C=C/C/C=C/C/C=C/C/C=C/C/C=C/CCC(=O)OC[C@H](COP(=O)(O)OCC[N+](C)(C)C)OC(=O)CCCCCCCCCCCCCCC. The molecule has 0 fully saturated rings. The first-order valence-electron chi connectivity index (χ1n) is 21.7. The third-order valence-electron chi connectivity index (χ3n) is 8.76. The summed E-state index contributed by atoms with van der Waals surface area (Å²) in [5.41, 5.74) is 0. The molecule has 0 aliphatic heterocycles. The molecule has 9 nitrogen and oxygen atoms in total. The summed E-state index contributed by atoms with van der Waals surface area (Å²) in [5, 5.41) is 0. The third kappa shape index (κ3) is 41.1. The van der Waals surface area contributed by atoms with Crippen LogP contribution in [0.2, 0.25) is 0 Å². The highest BCUT2D eigenvalue weighted by Crippen LogP contribution is 2.43. The summed E-state index contributed by atoms with van der Waals surface area (Å²) in [6, 6.07) is 0. The summed E-state index contributed by atoms with van der Waals surface area (Å²) < 4.78 is 34.2. The van der Waals surface area contributed by atoms with E-state index in [-0.39, 0.29) is 26.1 Å². The molecule has 56 heavy (non-hydrogen) atoms. The quantitative estimate of drug-likeness (QED) is 0.0216. The van der Waals surface area contributed by atoms with Crippen molar-refractivity contribution in [2.45, 2.75) is 161 Å². The minimum atomic E-state index is -4.39. The van der Waals surface area contributed by atoms with Crippen molar-refractivity contribution >= 4 is 19.8 Å². The lowest BCUT2D eigenvalue weighted by Crippen LogP contribution is -2.37. The minimum absolute atomic E-state index is 0.0182. The average Bonchev–Trinajstić information content (AvgIpc) is 3.15. The highest BCUT2D eigenvalue weighted by atomic mass is 31.2. The summed E-state index contributed by atoms with van der Waals surface area (Å²) in [4.78, 5) is 35.3. The molecular weight excluding hydrogens is 725 g/mol. The lowest BCUT2D eigenvalue weighted by atomic mass is 10.0. The smallest absolute Gasteiger partial charge is 0.462 e. The number of likely N-dealkylation sites (N-methyl/N-ethyl adjacent to an activating group) is 1. The Balaban J connectivity index is 4.49. The van der Waals surface area contributed by atoms with Crippen molar-refractivity contribution < 1.29 is 42.1 Å². The maximum absolute atomic E-state index is 12.7. The molecular formula is C46H81NO8P+. The molecule has 1 unspecified atom stereocenters. The van der Waals surface area contributed by atoms with E-state index in [9.17, 15) is 19.0 Å². The van der Waals surface area contributed by atoms with Crippen LogP contribution in [-0.4, -0.2) is 74.9 Å². The largest absolute Gasteiger partial charge is 0.472 e. The molecule has 0 saturated carbocycles. The van der Waals surface area contributed by atoms with Crippen LogP contribution in [0.1, 0.15) is 155 Å². The van der Waals surface area contributed by atoms with E-state index in [2.05, 4.69) is 74.6 Å². The van der Waals surface area contributed by atoms with Gasteiger partial charge >= 0.3 is 19.8 Å². The minimum Gasteiger partial charge on any atom is -0.462 e. The summed E-state index contributed by atoms with van der Waals surface area (Å²) in [5.74, 6) is -0.900. The summed E-state index contributed by atoms with van der Waals surface area (Å²) >= 11 is 0. The second-order valence-electron chi connectivity index (χ2n) is 15.4. The number of nitrogens with zero attached hydrogens (tertiary/aromatic N) is 1. The van der Waals surface area contributed by atoms with Crippen molar-refractivity contribution in [3.05, 3.63) is 72.9 Å². The molecule has 1 N–H and O–H groups in total. The van der Waals surface area contributed by atoms with E-state index in [1.807, 2.05) is 33.3 Å². The normalized spacial score (nSPS) is 14.3. The lowest BCUT2D eigenvalue weighted by Gasteiger charge is -2.24. The summed E-state index contributed by atoms with van der Waals surface area (Å²) in [6.07, 6.45) is 46.8. The van der Waals surface area contributed by atoms with Crippen LogP contribution in [0, 0.1) is 0 Å². The topological polar surface area (TPSA) is 108 Å². The Morgan fingerprint density at radius 2 is 1.02 bits per heavy atom. The second kappa shape index (κ2) is 38.0. The van der Waals surface area contributed by atoms with Gasteiger partial charge in [0.25, 0.3) is 0 Å². The number of hydrogen-bond donors (Lipinski definition) is 1. The average molecular weight is 807 g/mol. The van der Waals surface area contributed by atoms with Crippen LogP contribution in [0.25, 0.3) is 0 Å². The number of carbonyl (C=O) groups excluding carboxylic acids is 2. The number of allylic oxidation sites excluding steroid dienone is 12. The van der Waals surface area contributed by atoms with Crippen LogP contribution in [0.5, 0.6) is 0 Å². The predicted octanol–water partition coefficient (Wildman–Crippen LogP) is 12.2. The van der Waals surface area contributed by atoms with Crippen molar-refractivity contribution in [2.75, 3.05) is 47.5 Å². The maximum Gasteiger partial charge on any atom is 0.472 e. The number of hydrogen-bond acceptors (Lipinski definition) is 7. The summed E-state index contributed by atoms with van der Waals surface area (Å²) in [6.45, 7) is 4.20. The third-order valence-corrected chi connectivity index (χ3v) is 9.75. The Bertz CT molecular complexity index is 1180. The zero-order valence-corrected chi connectivity index (χ0v) is 37.0. The Hall–Kier alpha value is -2.55. The maximum atomic E-state index is 12.7. The molecule has 0 aromatic heterocycles. The molecule has 0 heterocycles. The zero-order valence-electron chi connectivity index (χ0n) is 36.1. The van der Waals surface area contributed by atoms with Crippen molar-refractivity contribution in [1.82, 2.24) is 0 Å². The Kier molecular flexibility index (Phi) is 36.3. The van der Waals surface area contributed by atoms with Crippen molar-refractivity contribution in [3.63, 3.8) is 0 Å². The molecule has 10 heteroatoms. The Morgan fingerprint density at radius 3 is 1.48 bits per heavy atom. The van der Waals surface area contributed by atoms with Crippen LogP contribution in [0.3, 0.4) is 0 Å². The van der Waals surface area contributed by atoms with E-state index in [0.29, 0.717) is 23.9 Å². The Morgan fingerprint density at radius 1 is 0.571 bits per heavy atom. The van der Waals surface area contributed by atoms with E-state index in [1.165, 1.54) is 57.8 Å². The molecule has 0 aromatic rings. The molecule has 0 bridgehead atoms. The first-order chi connectivity index (χ1) is 27.0. The van der Waals surface area contributed by atoms with Gasteiger partial charge < -0.3 is 18.9 Å². The molecule has 0 aliphatic rings. The fourth-order valence-corrected chi connectivity index (χ4v) is 6.13. The van der Waals surface area contributed by atoms with E-state index in [4.69, 9.17) is 18.5 Å². The fourth-order valence-electron chi connectivity index (χ4n) is 5.39. The first-order valence-corrected chi connectivity index (χ1v) is 23.2. The van der Waals surface area contributed by atoms with Gasteiger partial charge in [0.05, 0.1) is 27.7 Å². The number of phosphoric ester groups is 1. The van der Waals surface area contributed by atoms with Crippen molar-refractivity contribution in [1.29, 1.82) is 0 Å². The second-order valence-corrected chi connectivity index (χ2v) is 16.8. The van der Waals surface area contributed by atoms with E-state index < -0.39 is 32.5 Å². The molecule has 2 atom stereocenters. The van der Waals surface area contributed by atoms with Crippen LogP contribution >= 0.6 is 7.82 Å². The van der Waals surface area contributed by atoms with Crippen LogP contribution in [-0.2, 0) is 32.7 Å². The van der Waals surface area contributed by atoms with Gasteiger partial charge in [0.15, 0.2) is 6.10 Å². The van der Waals surface area contributed by atoms with E-state index in [1.54, 1.807) is 0 Å². The van der Waals surface area contributed by atoms with Gasteiger partial charge in [-0.05, 0) is 51.4 Å². The van der Waals surface area contributed by atoms with Gasteiger partial charge in [0.1, 0.15) is 19.8 Å². The predicted molar refractivity (Wildman–Crippen MR) is 233 cm³/mol. The molecule has 0 aromatic carbocycles.